The maximum atomic E-state index is 12.1. The second-order valence-corrected chi connectivity index (χ2v) is 6.18. The summed E-state index contributed by atoms with van der Waals surface area (Å²) in [4.78, 5) is 35.5. The molecule has 1 atom stereocenters. The van der Waals surface area contributed by atoms with E-state index >= 15 is 0 Å². The first kappa shape index (κ1) is 19.2. The molecule has 1 heterocycles. The van der Waals surface area contributed by atoms with E-state index in [1.165, 1.54) is 12.3 Å². The van der Waals surface area contributed by atoms with E-state index in [1.807, 2.05) is 49.4 Å². The maximum Gasteiger partial charge on any atom is 0.325 e. The number of hydrogen-bond acceptors (Lipinski definition) is 5. The highest BCUT2D eigenvalue weighted by Crippen LogP contribution is 2.23. The molecule has 0 fully saturated rings. The summed E-state index contributed by atoms with van der Waals surface area (Å²) in [7, 11) is 0. The van der Waals surface area contributed by atoms with Gasteiger partial charge in [-0.1, -0.05) is 42.5 Å². The second-order valence-electron chi connectivity index (χ2n) is 6.18. The van der Waals surface area contributed by atoms with Gasteiger partial charge in [-0.3, -0.25) is 14.4 Å². The van der Waals surface area contributed by atoms with Crippen molar-refractivity contribution in [3.63, 3.8) is 0 Å². The van der Waals surface area contributed by atoms with Crippen LogP contribution in [0.2, 0.25) is 0 Å². The summed E-state index contributed by atoms with van der Waals surface area (Å²) in [6.45, 7) is 1.08. The number of esters is 1. The van der Waals surface area contributed by atoms with Crippen LogP contribution in [0.15, 0.2) is 65.3 Å². The van der Waals surface area contributed by atoms with Crippen LogP contribution >= 0.6 is 0 Å². The number of fused-ring (bicyclic) bond motifs is 1. The van der Waals surface area contributed by atoms with Crippen LogP contribution in [0.4, 0.5) is 0 Å². The van der Waals surface area contributed by atoms with Crippen molar-refractivity contribution in [2.75, 3.05) is 13.2 Å². The molecule has 144 valence electrons. The van der Waals surface area contributed by atoms with Gasteiger partial charge < -0.3 is 19.8 Å². The number of rotatable bonds is 7. The van der Waals surface area contributed by atoms with Gasteiger partial charge in [0.2, 0.25) is 0 Å². The maximum absolute atomic E-state index is 12.1. The third-order valence-electron chi connectivity index (χ3n) is 4.17. The average Bonchev–Trinajstić information content (AvgIpc) is 3.25. The first-order valence-corrected chi connectivity index (χ1v) is 8.79. The molecule has 3 aromatic rings. The van der Waals surface area contributed by atoms with Crippen LogP contribution in [-0.4, -0.2) is 30.9 Å². The Labute approximate surface area is 161 Å². The van der Waals surface area contributed by atoms with Gasteiger partial charge in [-0.2, -0.15) is 0 Å². The zero-order chi connectivity index (χ0) is 19.9. The van der Waals surface area contributed by atoms with Crippen molar-refractivity contribution in [3.8, 4) is 0 Å². The molecule has 28 heavy (non-hydrogen) atoms. The minimum atomic E-state index is -0.715. The molecule has 0 aliphatic carbocycles. The van der Waals surface area contributed by atoms with Crippen molar-refractivity contribution in [1.82, 2.24) is 10.6 Å². The van der Waals surface area contributed by atoms with Gasteiger partial charge in [-0.05, 0) is 35.4 Å². The van der Waals surface area contributed by atoms with E-state index in [1.54, 1.807) is 6.07 Å². The number of furan rings is 1. The number of hydrogen-bond donors (Lipinski definition) is 2. The molecule has 7 nitrogen and oxygen atoms in total. The van der Waals surface area contributed by atoms with Crippen molar-refractivity contribution < 1.29 is 23.5 Å². The van der Waals surface area contributed by atoms with E-state index in [0.29, 0.717) is 0 Å². The van der Waals surface area contributed by atoms with E-state index in [9.17, 15) is 14.4 Å². The molecule has 3 rings (SSSR count). The summed E-state index contributed by atoms with van der Waals surface area (Å²) in [5.41, 5.74) is 0.975. The lowest BCUT2D eigenvalue weighted by molar-refractivity contribution is -0.147. The molecule has 2 N–H and O–H groups in total. The summed E-state index contributed by atoms with van der Waals surface area (Å²) in [6.07, 6.45) is 1.36. The lowest BCUT2D eigenvalue weighted by atomic mass is 10.00. The van der Waals surface area contributed by atoms with Gasteiger partial charge in [-0.25, -0.2) is 0 Å². The first-order chi connectivity index (χ1) is 13.5. The number of carbonyl (C=O) groups excluding carboxylic acids is 3. The van der Waals surface area contributed by atoms with Gasteiger partial charge in [0, 0.05) is 0 Å². The molecule has 0 saturated heterocycles. The Kier molecular flexibility index (Phi) is 6.06. The standard InChI is InChI=1S/C21H20N2O5/c1-14(16-9-4-7-15-6-2-3-8-17(15)16)23-19(24)13-28-20(25)12-22-21(26)18-10-5-11-27-18/h2-11,14H,12-13H2,1H3,(H,22,26)(H,23,24)/t14-/m0/s1. The fraction of sp³-hybridized carbons (Fsp3) is 0.190. The second kappa shape index (κ2) is 8.85. The van der Waals surface area contributed by atoms with Crippen molar-refractivity contribution in [2.45, 2.75) is 13.0 Å². The van der Waals surface area contributed by atoms with Crippen LogP contribution in [-0.2, 0) is 14.3 Å². The topological polar surface area (TPSA) is 97.6 Å². The fourth-order valence-corrected chi connectivity index (χ4v) is 2.83. The van der Waals surface area contributed by atoms with E-state index in [2.05, 4.69) is 10.6 Å². The average molecular weight is 380 g/mol. The van der Waals surface area contributed by atoms with Gasteiger partial charge in [0.05, 0.1) is 12.3 Å². The number of carbonyl (C=O) groups is 3. The van der Waals surface area contributed by atoms with Crippen LogP contribution in [0.1, 0.15) is 29.1 Å². The van der Waals surface area contributed by atoms with Crippen molar-refractivity contribution in [3.05, 3.63) is 72.2 Å². The quantitative estimate of drug-likeness (QED) is 0.614. The third-order valence-corrected chi connectivity index (χ3v) is 4.17. The Bertz CT molecular complexity index is 976. The molecule has 0 bridgehead atoms. The smallest absolute Gasteiger partial charge is 0.325 e. The monoisotopic (exact) mass is 380 g/mol. The normalized spacial score (nSPS) is 11.6. The predicted octanol–water partition coefficient (Wildman–Crippen LogP) is 2.58. The lowest BCUT2D eigenvalue weighted by Gasteiger charge is -2.16. The zero-order valence-electron chi connectivity index (χ0n) is 15.3. The summed E-state index contributed by atoms with van der Waals surface area (Å²) in [5, 5.41) is 7.30. The molecular formula is C21H20N2O5. The number of ether oxygens (including phenoxy) is 1. The molecule has 0 spiro atoms. The molecule has 2 aromatic carbocycles. The minimum Gasteiger partial charge on any atom is -0.459 e. The fourth-order valence-electron chi connectivity index (χ4n) is 2.83. The van der Waals surface area contributed by atoms with Gasteiger partial charge >= 0.3 is 5.97 Å². The van der Waals surface area contributed by atoms with Gasteiger partial charge in [-0.15, -0.1) is 0 Å². The Morgan fingerprint density at radius 2 is 1.82 bits per heavy atom. The van der Waals surface area contributed by atoms with Crippen LogP contribution < -0.4 is 10.6 Å². The molecule has 0 saturated carbocycles. The Morgan fingerprint density at radius 1 is 1.04 bits per heavy atom. The highest BCUT2D eigenvalue weighted by molar-refractivity contribution is 5.93. The Balaban J connectivity index is 1.47. The minimum absolute atomic E-state index is 0.0921. The molecule has 0 aliphatic rings. The van der Waals surface area contributed by atoms with Crippen LogP contribution in [0.25, 0.3) is 10.8 Å². The highest BCUT2D eigenvalue weighted by Gasteiger charge is 2.15. The largest absolute Gasteiger partial charge is 0.459 e. The van der Waals surface area contributed by atoms with Crippen LogP contribution in [0.5, 0.6) is 0 Å². The molecule has 2 amide bonds. The third kappa shape index (κ3) is 4.76. The molecular weight excluding hydrogens is 360 g/mol. The number of amides is 2. The zero-order valence-corrected chi connectivity index (χ0v) is 15.3. The van der Waals surface area contributed by atoms with E-state index in [4.69, 9.17) is 9.15 Å². The molecule has 1 aromatic heterocycles. The SMILES string of the molecule is C[C@H](NC(=O)COC(=O)CNC(=O)c1ccco1)c1cccc2ccccc12. The summed E-state index contributed by atoms with van der Waals surface area (Å²) in [6, 6.07) is 16.6. The summed E-state index contributed by atoms with van der Waals surface area (Å²) < 4.78 is 9.81. The van der Waals surface area contributed by atoms with E-state index in [0.717, 1.165) is 16.3 Å². The van der Waals surface area contributed by atoms with E-state index in [-0.39, 0.29) is 18.3 Å². The van der Waals surface area contributed by atoms with Crippen molar-refractivity contribution in [2.24, 2.45) is 0 Å². The van der Waals surface area contributed by atoms with Gasteiger partial charge in [0.1, 0.15) is 6.54 Å². The van der Waals surface area contributed by atoms with E-state index < -0.39 is 24.4 Å². The first-order valence-electron chi connectivity index (χ1n) is 8.79. The molecule has 0 radical (unpaired) electrons. The number of benzene rings is 2. The van der Waals surface area contributed by atoms with Gasteiger partial charge in [0.25, 0.3) is 11.8 Å². The molecule has 0 aliphatic heterocycles. The highest BCUT2D eigenvalue weighted by atomic mass is 16.5. The van der Waals surface area contributed by atoms with Gasteiger partial charge in [0.15, 0.2) is 12.4 Å². The lowest BCUT2D eigenvalue weighted by Crippen LogP contribution is -2.34. The van der Waals surface area contributed by atoms with Crippen molar-refractivity contribution in [1.29, 1.82) is 0 Å². The Hall–Kier alpha value is -3.61. The summed E-state index contributed by atoms with van der Waals surface area (Å²) in [5.74, 6) is -1.58. The summed E-state index contributed by atoms with van der Waals surface area (Å²) >= 11 is 0. The Morgan fingerprint density at radius 3 is 2.61 bits per heavy atom. The van der Waals surface area contributed by atoms with Crippen LogP contribution in [0, 0.1) is 0 Å². The predicted molar refractivity (Wildman–Crippen MR) is 103 cm³/mol. The van der Waals surface area contributed by atoms with Crippen molar-refractivity contribution >= 4 is 28.6 Å². The molecule has 7 heteroatoms. The van der Waals surface area contributed by atoms with Crippen LogP contribution in [0.3, 0.4) is 0 Å². The molecule has 0 unspecified atom stereocenters. The number of nitrogens with one attached hydrogen (secondary N) is 2.